The van der Waals surface area contributed by atoms with Gasteiger partial charge in [-0.2, -0.15) is 0 Å². The molecule has 0 aliphatic rings. The van der Waals surface area contributed by atoms with Crippen molar-refractivity contribution in [3.05, 3.63) is 97.2 Å². The van der Waals surface area contributed by atoms with Gasteiger partial charge in [-0.3, -0.25) is 14.4 Å². The second-order valence-corrected chi connectivity index (χ2v) is 23.0. The molecule has 1 atom stereocenters. The molecule has 0 aromatic rings. The molecule has 0 fully saturated rings. The fraction of sp³-hybridized carbons (Fsp3) is 0.747. The zero-order valence-corrected chi connectivity index (χ0v) is 53.5. The maximum Gasteiger partial charge on any atom is 0.306 e. The molecular formula is C75H130O6. The SMILES string of the molecule is CC/C=C\C/C=C\C/C=C\CCCCCCCCCC(=O)OC(COC(=O)CCCCC/C=C\C/C=C\C/C=C\CC)COC(=O)CCCCCCCCCCCCCCCCCCCCCCC/C=C\C/C=C\CCCCCCC. The van der Waals surface area contributed by atoms with E-state index in [1.165, 1.54) is 186 Å². The van der Waals surface area contributed by atoms with Crippen LogP contribution in [0, 0.1) is 0 Å². The zero-order chi connectivity index (χ0) is 58.5. The minimum absolute atomic E-state index is 0.0887. The van der Waals surface area contributed by atoms with Crippen LogP contribution >= 0.6 is 0 Å². The average Bonchev–Trinajstić information content (AvgIpc) is 3.46. The van der Waals surface area contributed by atoms with Crippen molar-refractivity contribution >= 4 is 17.9 Å². The number of rotatable bonds is 63. The molecule has 0 spiro atoms. The predicted molar refractivity (Wildman–Crippen MR) is 353 cm³/mol. The Morgan fingerprint density at radius 3 is 0.765 bits per heavy atom. The van der Waals surface area contributed by atoms with Gasteiger partial charge in [-0.1, -0.05) is 304 Å². The number of carbonyl (C=O) groups is 3. The molecule has 0 aliphatic heterocycles. The normalized spacial score (nSPS) is 12.7. The first kappa shape index (κ1) is 77.3. The Bertz CT molecular complexity index is 1580. The summed E-state index contributed by atoms with van der Waals surface area (Å²) in [5, 5.41) is 0. The van der Waals surface area contributed by atoms with Crippen LogP contribution in [0.3, 0.4) is 0 Å². The number of carbonyl (C=O) groups excluding carboxylic acids is 3. The average molecular weight is 1130 g/mol. The van der Waals surface area contributed by atoms with Crippen LogP contribution in [0.15, 0.2) is 97.2 Å². The van der Waals surface area contributed by atoms with Gasteiger partial charge in [0.25, 0.3) is 0 Å². The Morgan fingerprint density at radius 2 is 0.481 bits per heavy atom. The van der Waals surface area contributed by atoms with Gasteiger partial charge in [0.1, 0.15) is 13.2 Å². The number of unbranched alkanes of at least 4 members (excludes halogenated alkanes) is 36. The molecule has 1 unspecified atom stereocenters. The summed E-state index contributed by atoms with van der Waals surface area (Å²) in [5.74, 6) is -0.917. The molecule has 6 heteroatoms. The van der Waals surface area contributed by atoms with Gasteiger partial charge in [0.2, 0.25) is 0 Å². The van der Waals surface area contributed by atoms with Crippen molar-refractivity contribution in [2.24, 2.45) is 0 Å². The number of hydrogen-bond donors (Lipinski definition) is 0. The summed E-state index contributed by atoms with van der Waals surface area (Å²) in [6.07, 6.45) is 93.1. The van der Waals surface area contributed by atoms with Crippen LogP contribution in [0.5, 0.6) is 0 Å². The first-order chi connectivity index (χ1) is 40.0. The highest BCUT2D eigenvalue weighted by molar-refractivity contribution is 5.71. The van der Waals surface area contributed by atoms with Crippen LogP contribution in [0.4, 0.5) is 0 Å². The van der Waals surface area contributed by atoms with E-state index in [0.717, 1.165) is 116 Å². The fourth-order valence-electron chi connectivity index (χ4n) is 9.92. The monoisotopic (exact) mass is 1130 g/mol. The lowest BCUT2D eigenvalue weighted by Gasteiger charge is -2.18. The highest BCUT2D eigenvalue weighted by Crippen LogP contribution is 2.17. The molecular weight excluding hydrogens is 997 g/mol. The molecule has 0 aliphatic carbocycles. The molecule has 0 heterocycles. The fourth-order valence-corrected chi connectivity index (χ4v) is 9.92. The number of allylic oxidation sites excluding steroid dienone is 16. The van der Waals surface area contributed by atoms with E-state index >= 15 is 0 Å². The minimum Gasteiger partial charge on any atom is -0.462 e. The van der Waals surface area contributed by atoms with Gasteiger partial charge in [-0.15, -0.1) is 0 Å². The number of hydrogen-bond acceptors (Lipinski definition) is 6. The number of ether oxygens (including phenoxy) is 3. The summed E-state index contributed by atoms with van der Waals surface area (Å²) in [6.45, 7) is 6.40. The largest absolute Gasteiger partial charge is 0.462 e. The summed E-state index contributed by atoms with van der Waals surface area (Å²) in [7, 11) is 0. The standard InChI is InChI=1S/C75H130O6/c1-4-7-10-13-16-19-22-25-27-29-30-31-32-33-34-35-36-37-38-39-40-41-42-43-44-46-47-50-53-56-59-62-65-68-74(77)80-71-72(70-79-73(76)67-64-61-58-55-52-49-24-21-18-15-12-9-6-3)81-75(78)69-66-63-60-57-54-51-48-45-28-26-23-20-17-14-11-8-5-2/h8-9,11-12,17-18,20-22,25-26,28-30,49,52,72H,4-7,10,13-16,19,23-24,27,31-48,50-51,53-71H2,1-3H3/b11-8-,12-9-,20-17-,21-18-,25-22-,28-26-,30-29-,52-49-. The molecule has 81 heavy (non-hydrogen) atoms. The zero-order valence-electron chi connectivity index (χ0n) is 53.5. The molecule has 466 valence electrons. The van der Waals surface area contributed by atoms with Gasteiger partial charge in [0, 0.05) is 19.3 Å². The van der Waals surface area contributed by atoms with Gasteiger partial charge >= 0.3 is 17.9 Å². The van der Waals surface area contributed by atoms with Crippen LogP contribution in [-0.4, -0.2) is 37.2 Å². The van der Waals surface area contributed by atoms with E-state index in [1.54, 1.807) is 0 Å². The third-order valence-electron chi connectivity index (χ3n) is 15.1. The van der Waals surface area contributed by atoms with Crippen LogP contribution in [0.2, 0.25) is 0 Å². The maximum absolute atomic E-state index is 12.9. The molecule has 0 N–H and O–H groups in total. The van der Waals surface area contributed by atoms with E-state index in [0.29, 0.717) is 19.3 Å². The van der Waals surface area contributed by atoms with Crippen molar-refractivity contribution in [2.75, 3.05) is 13.2 Å². The predicted octanol–water partition coefficient (Wildman–Crippen LogP) is 24.0. The van der Waals surface area contributed by atoms with Crippen molar-refractivity contribution < 1.29 is 28.6 Å². The lowest BCUT2D eigenvalue weighted by atomic mass is 10.0. The molecule has 0 rings (SSSR count). The van der Waals surface area contributed by atoms with Gasteiger partial charge in [-0.05, 0) is 116 Å². The summed E-state index contributed by atoms with van der Waals surface area (Å²) in [4.78, 5) is 38.3. The topological polar surface area (TPSA) is 78.9 Å². The second-order valence-electron chi connectivity index (χ2n) is 23.0. The number of esters is 3. The van der Waals surface area contributed by atoms with Crippen LogP contribution in [0.25, 0.3) is 0 Å². The van der Waals surface area contributed by atoms with Crippen LogP contribution in [-0.2, 0) is 28.6 Å². The minimum atomic E-state index is -0.795. The Balaban J connectivity index is 4.16. The summed E-state index contributed by atoms with van der Waals surface area (Å²) in [6, 6.07) is 0. The van der Waals surface area contributed by atoms with Gasteiger partial charge in [0.05, 0.1) is 0 Å². The third kappa shape index (κ3) is 67.0. The highest BCUT2D eigenvalue weighted by Gasteiger charge is 2.19. The van der Waals surface area contributed by atoms with Crippen molar-refractivity contribution in [3.63, 3.8) is 0 Å². The summed E-state index contributed by atoms with van der Waals surface area (Å²) < 4.78 is 16.9. The quantitative estimate of drug-likeness (QED) is 0.0261. The Morgan fingerprint density at radius 1 is 0.259 bits per heavy atom. The molecule has 0 saturated heterocycles. The van der Waals surface area contributed by atoms with E-state index in [4.69, 9.17) is 14.2 Å². The first-order valence-corrected chi connectivity index (χ1v) is 34.7. The lowest BCUT2D eigenvalue weighted by Crippen LogP contribution is -2.30. The summed E-state index contributed by atoms with van der Waals surface area (Å²) in [5.41, 5.74) is 0. The smallest absolute Gasteiger partial charge is 0.306 e. The van der Waals surface area contributed by atoms with Crippen molar-refractivity contribution in [1.82, 2.24) is 0 Å². The Kier molecular flexibility index (Phi) is 65.7. The van der Waals surface area contributed by atoms with Gasteiger partial charge < -0.3 is 14.2 Å². The molecule has 0 amide bonds. The van der Waals surface area contributed by atoms with E-state index in [-0.39, 0.29) is 31.1 Å². The van der Waals surface area contributed by atoms with Crippen LogP contribution < -0.4 is 0 Å². The van der Waals surface area contributed by atoms with Gasteiger partial charge in [-0.25, -0.2) is 0 Å². The third-order valence-corrected chi connectivity index (χ3v) is 15.1. The summed E-state index contributed by atoms with van der Waals surface area (Å²) >= 11 is 0. The van der Waals surface area contributed by atoms with Crippen molar-refractivity contribution in [3.8, 4) is 0 Å². The molecule has 6 nitrogen and oxygen atoms in total. The van der Waals surface area contributed by atoms with Crippen molar-refractivity contribution in [2.45, 2.75) is 348 Å². The lowest BCUT2D eigenvalue weighted by molar-refractivity contribution is -0.167. The maximum atomic E-state index is 12.9. The molecule has 0 aromatic heterocycles. The van der Waals surface area contributed by atoms with E-state index < -0.39 is 6.10 Å². The van der Waals surface area contributed by atoms with Crippen molar-refractivity contribution in [1.29, 1.82) is 0 Å². The molecule has 0 radical (unpaired) electrons. The van der Waals surface area contributed by atoms with Crippen LogP contribution in [0.1, 0.15) is 342 Å². The molecule has 0 aromatic carbocycles. The molecule has 0 bridgehead atoms. The van der Waals surface area contributed by atoms with E-state index in [9.17, 15) is 14.4 Å². The van der Waals surface area contributed by atoms with E-state index in [2.05, 4.69) is 118 Å². The molecule has 0 saturated carbocycles. The first-order valence-electron chi connectivity index (χ1n) is 34.7. The Hall–Kier alpha value is -3.67. The Labute approximate surface area is 502 Å². The second kappa shape index (κ2) is 68.8. The highest BCUT2D eigenvalue weighted by atomic mass is 16.6. The van der Waals surface area contributed by atoms with Gasteiger partial charge in [0.15, 0.2) is 6.10 Å². The van der Waals surface area contributed by atoms with E-state index in [1.807, 2.05) is 0 Å².